The Labute approximate surface area is 108 Å². The van der Waals surface area contributed by atoms with Crippen LogP contribution in [0.15, 0.2) is 18.2 Å². The maximum atomic E-state index is 13.4. The number of benzene rings is 1. The molecule has 1 aromatic carbocycles. The second-order valence-corrected chi connectivity index (χ2v) is 5.21. The Balaban J connectivity index is 1.88. The lowest BCUT2D eigenvalue weighted by Gasteiger charge is -2.26. The van der Waals surface area contributed by atoms with E-state index in [-0.39, 0.29) is 11.9 Å². The molecule has 0 unspecified atom stereocenters. The van der Waals surface area contributed by atoms with Gasteiger partial charge in [-0.3, -0.25) is 0 Å². The third-order valence-electron chi connectivity index (χ3n) is 3.72. The van der Waals surface area contributed by atoms with E-state index < -0.39 is 0 Å². The number of aryl methyl sites for hydroxylation is 1. The summed E-state index contributed by atoms with van der Waals surface area (Å²) >= 11 is 0. The molecule has 2 nitrogen and oxygen atoms in total. The number of nitrogens with one attached hydrogen (secondary N) is 1. The predicted octanol–water partition coefficient (Wildman–Crippen LogP) is 2.78. The van der Waals surface area contributed by atoms with Gasteiger partial charge in [0.15, 0.2) is 0 Å². The monoisotopic (exact) mass is 251 g/mol. The highest BCUT2D eigenvalue weighted by molar-refractivity contribution is 5.24. The average Bonchev–Trinajstić information content (AvgIpc) is 2.37. The van der Waals surface area contributed by atoms with Crippen LogP contribution in [-0.4, -0.2) is 17.3 Å². The first kappa shape index (κ1) is 13.5. The van der Waals surface area contributed by atoms with Crippen molar-refractivity contribution in [2.45, 2.75) is 57.7 Å². The van der Waals surface area contributed by atoms with Gasteiger partial charge >= 0.3 is 0 Å². The predicted molar refractivity (Wildman–Crippen MR) is 70.9 cm³/mol. The molecule has 0 atom stereocenters. The molecule has 100 valence electrons. The van der Waals surface area contributed by atoms with E-state index in [2.05, 4.69) is 11.4 Å². The topological polar surface area (TPSA) is 32.3 Å². The second-order valence-electron chi connectivity index (χ2n) is 5.21. The van der Waals surface area contributed by atoms with E-state index in [1.54, 1.807) is 12.1 Å². The van der Waals surface area contributed by atoms with E-state index in [4.69, 9.17) is 0 Å². The minimum atomic E-state index is -0.148. The Bertz CT molecular complexity index is 386. The summed E-state index contributed by atoms with van der Waals surface area (Å²) in [7, 11) is 0. The fraction of sp³-hybridized carbons (Fsp3) is 0.600. The Hall–Kier alpha value is -0.930. The Kier molecular flexibility index (Phi) is 4.72. The first-order chi connectivity index (χ1) is 8.67. The summed E-state index contributed by atoms with van der Waals surface area (Å²) in [5.41, 5.74) is 2.06. The molecule has 0 spiro atoms. The van der Waals surface area contributed by atoms with E-state index in [0.29, 0.717) is 12.6 Å². The number of rotatable bonds is 4. The van der Waals surface area contributed by atoms with Gasteiger partial charge in [0.05, 0.1) is 6.10 Å². The lowest BCUT2D eigenvalue weighted by Crippen LogP contribution is -2.34. The molecule has 0 aromatic heterocycles. The highest BCUT2D eigenvalue weighted by Crippen LogP contribution is 2.19. The summed E-state index contributed by atoms with van der Waals surface area (Å²) in [6, 6.07) is 5.72. The van der Waals surface area contributed by atoms with Gasteiger partial charge in [0.1, 0.15) is 5.82 Å². The summed E-state index contributed by atoms with van der Waals surface area (Å²) in [6.07, 6.45) is 4.51. The van der Waals surface area contributed by atoms with Gasteiger partial charge in [-0.25, -0.2) is 4.39 Å². The fourth-order valence-corrected chi connectivity index (χ4v) is 2.57. The molecule has 0 amide bonds. The first-order valence-electron chi connectivity index (χ1n) is 6.87. The van der Waals surface area contributed by atoms with E-state index >= 15 is 0 Å². The van der Waals surface area contributed by atoms with Gasteiger partial charge in [0, 0.05) is 12.6 Å². The Morgan fingerprint density at radius 3 is 2.50 bits per heavy atom. The van der Waals surface area contributed by atoms with Gasteiger partial charge in [0.25, 0.3) is 0 Å². The van der Waals surface area contributed by atoms with Crippen LogP contribution in [0.2, 0.25) is 0 Å². The van der Waals surface area contributed by atoms with E-state index in [1.807, 2.05) is 6.92 Å². The van der Waals surface area contributed by atoms with Crippen LogP contribution < -0.4 is 5.32 Å². The Morgan fingerprint density at radius 2 is 1.83 bits per heavy atom. The van der Waals surface area contributed by atoms with Crippen LogP contribution in [0.3, 0.4) is 0 Å². The molecule has 0 radical (unpaired) electrons. The third-order valence-corrected chi connectivity index (χ3v) is 3.72. The van der Waals surface area contributed by atoms with Crippen molar-refractivity contribution in [2.75, 3.05) is 0 Å². The smallest absolute Gasteiger partial charge is 0.123 e. The molecular weight excluding hydrogens is 229 g/mol. The molecule has 18 heavy (non-hydrogen) atoms. The first-order valence-corrected chi connectivity index (χ1v) is 6.87. The lowest BCUT2D eigenvalue weighted by atomic mass is 9.93. The van der Waals surface area contributed by atoms with Gasteiger partial charge < -0.3 is 10.4 Å². The van der Waals surface area contributed by atoms with Crippen LogP contribution >= 0.6 is 0 Å². The molecule has 2 rings (SSSR count). The van der Waals surface area contributed by atoms with Crippen LogP contribution in [0.4, 0.5) is 4.39 Å². The number of aliphatic hydroxyl groups excluding tert-OH is 1. The molecule has 1 aliphatic carbocycles. The SMILES string of the molecule is CCc1cc(F)cc(CNC2CCC(O)CC2)c1. The van der Waals surface area contributed by atoms with Gasteiger partial charge in [-0.05, 0) is 55.4 Å². The van der Waals surface area contributed by atoms with Gasteiger partial charge in [-0.1, -0.05) is 13.0 Å². The zero-order valence-corrected chi connectivity index (χ0v) is 11.0. The van der Waals surface area contributed by atoms with E-state index in [9.17, 15) is 9.50 Å². The number of hydrogen-bond acceptors (Lipinski definition) is 2. The van der Waals surface area contributed by atoms with Crippen molar-refractivity contribution < 1.29 is 9.50 Å². The maximum Gasteiger partial charge on any atom is 0.123 e. The number of halogens is 1. The summed E-state index contributed by atoms with van der Waals surface area (Å²) in [4.78, 5) is 0. The van der Waals surface area contributed by atoms with Crippen molar-refractivity contribution in [1.29, 1.82) is 0 Å². The minimum Gasteiger partial charge on any atom is -0.393 e. The zero-order valence-electron chi connectivity index (χ0n) is 11.0. The lowest BCUT2D eigenvalue weighted by molar-refractivity contribution is 0.116. The number of hydrogen-bond donors (Lipinski definition) is 2. The molecule has 1 aromatic rings. The number of aliphatic hydroxyl groups is 1. The highest BCUT2D eigenvalue weighted by Gasteiger charge is 2.18. The van der Waals surface area contributed by atoms with Crippen molar-refractivity contribution in [2.24, 2.45) is 0 Å². The zero-order chi connectivity index (χ0) is 13.0. The molecule has 0 heterocycles. The molecule has 1 fully saturated rings. The normalized spacial score (nSPS) is 24.2. The van der Waals surface area contributed by atoms with Crippen molar-refractivity contribution in [1.82, 2.24) is 5.32 Å². The van der Waals surface area contributed by atoms with Gasteiger partial charge in [-0.15, -0.1) is 0 Å². The molecular formula is C15H22FNO. The van der Waals surface area contributed by atoms with E-state index in [0.717, 1.165) is 43.2 Å². The van der Waals surface area contributed by atoms with Crippen molar-refractivity contribution in [3.05, 3.63) is 35.1 Å². The second kappa shape index (κ2) is 6.30. The average molecular weight is 251 g/mol. The Morgan fingerprint density at radius 1 is 1.17 bits per heavy atom. The maximum absolute atomic E-state index is 13.4. The quantitative estimate of drug-likeness (QED) is 0.862. The standard InChI is InChI=1S/C15H22FNO/c1-2-11-7-12(9-13(16)8-11)10-17-14-3-5-15(18)6-4-14/h7-9,14-15,17-18H,2-6,10H2,1H3. The highest BCUT2D eigenvalue weighted by atomic mass is 19.1. The van der Waals surface area contributed by atoms with Crippen molar-refractivity contribution >= 4 is 0 Å². The van der Waals surface area contributed by atoms with Crippen LogP contribution in [0, 0.1) is 5.82 Å². The molecule has 1 aliphatic rings. The molecule has 2 N–H and O–H groups in total. The fourth-order valence-electron chi connectivity index (χ4n) is 2.57. The van der Waals surface area contributed by atoms with Crippen LogP contribution in [0.1, 0.15) is 43.7 Å². The minimum absolute atomic E-state index is 0.121. The molecule has 3 heteroatoms. The van der Waals surface area contributed by atoms with Crippen LogP contribution in [-0.2, 0) is 13.0 Å². The van der Waals surface area contributed by atoms with Gasteiger partial charge in [-0.2, -0.15) is 0 Å². The molecule has 0 saturated heterocycles. The van der Waals surface area contributed by atoms with Crippen LogP contribution in [0.5, 0.6) is 0 Å². The van der Waals surface area contributed by atoms with Crippen molar-refractivity contribution in [3.63, 3.8) is 0 Å². The van der Waals surface area contributed by atoms with Crippen LogP contribution in [0.25, 0.3) is 0 Å². The summed E-state index contributed by atoms with van der Waals surface area (Å²) in [6.45, 7) is 2.75. The summed E-state index contributed by atoms with van der Waals surface area (Å²) in [5.74, 6) is -0.148. The molecule has 1 saturated carbocycles. The largest absolute Gasteiger partial charge is 0.393 e. The molecule has 0 aliphatic heterocycles. The van der Waals surface area contributed by atoms with Crippen molar-refractivity contribution in [3.8, 4) is 0 Å². The third kappa shape index (κ3) is 3.79. The molecule has 0 bridgehead atoms. The summed E-state index contributed by atoms with van der Waals surface area (Å²) < 4.78 is 13.4. The van der Waals surface area contributed by atoms with E-state index in [1.165, 1.54) is 0 Å². The summed E-state index contributed by atoms with van der Waals surface area (Å²) in [5, 5.41) is 12.9. The van der Waals surface area contributed by atoms with Gasteiger partial charge in [0.2, 0.25) is 0 Å².